The molecular weight excluding hydrogens is 484 g/mol. The van der Waals surface area contributed by atoms with Crippen molar-refractivity contribution >= 4 is 24.2 Å². The minimum absolute atomic E-state index is 0. The van der Waals surface area contributed by atoms with Crippen LogP contribution in [-0.2, 0) is 4.79 Å². The van der Waals surface area contributed by atoms with E-state index in [1.54, 1.807) is 24.3 Å². The van der Waals surface area contributed by atoms with Gasteiger partial charge in [0, 0.05) is 50.6 Å². The first-order valence-electron chi connectivity index (χ1n) is 13.3. The van der Waals surface area contributed by atoms with Crippen molar-refractivity contribution in [1.82, 2.24) is 14.7 Å². The largest absolute Gasteiger partial charge is 0.342 e. The highest BCUT2D eigenvalue weighted by Gasteiger charge is 2.43. The fourth-order valence-corrected chi connectivity index (χ4v) is 6.49. The van der Waals surface area contributed by atoms with E-state index in [0.29, 0.717) is 29.4 Å². The fourth-order valence-electron chi connectivity index (χ4n) is 6.49. The van der Waals surface area contributed by atoms with Gasteiger partial charge in [-0.2, -0.15) is 5.26 Å². The quantitative estimate of drug-likeness (QED) is 0.579. The molecule has 3 heterocycles. The van der Waals surface area contributed by atoms with Crippen molar-refractivity contribution in [3.05, 3.63) is 71.3 Å². The lowest BCUT2D eigenvalue weighted by Crippen LogP contribution is -2.44. The summed E-state index contributed by atoms with van der Waals surface area (Å²) in [5.41, 5.74) is 2.81. The minimum atomic E-state index is 0. The van der Waals surface area contributed by atoms with Crippen LogP contribution in [0.5, 0.6) is 0 Å². The van der Waals surface area contributed by atoms with Gasteiger partial charge in [0.2, 0.25) is 5.91 Å². The number of rotatable bonds is 5. The van der Waals surface area contributed by atoms with E-state index in [2.05, 4.69) is 46.2 Å². The average molecular weight is 521 g/mol. The van der Waals surface area contributed by atoms with Gasteiger partial charge in [-0.3, -0.25) is 9.59 Å². The van der Waals surface area contributed by atoms with E-state index < -0.39 is 0 Å². The van der Waals surface area contributed by atoms with Crippen LogP contribution in [0.1, 0.15) is 60.0 Å². The molecule has 3 aliphatic heterocycles. The lowest BCUT2D eigenvalue weighted by Gasteiger charge is -2.40. The second-order valence-corrected chi connectivity index (χ2v) is 10.9. The zero-order valence-electron chi connectivity index (χ0n) is 21.6. The van der Waals surface area contributed by atoms with Gasteiger partial charge in [0.1, 0.15) is 0 Å². The number of nitriles is 1. The molecule has 0 saturated carbocycles. The van der Waals surface area contributed by atoms with Crippen LogP contribution in [0, 0.1) is 22.7 Å². The Labute approximate surface area is 226 Å². The zero-order valence-corrected chi connectivity index (χ0v) is 22.5. The predicted octanol–water partition coefficient (Wildman–Crippen LogP) is 4.56. The van der Waals surface area contributed by atoms with Crippen molar-refractivity contribution in [2.75, 3.05) is 45.8 Å². The Bertz CT molecular complexity index is 1120. The Morgan fingerprint density at radius 2 is 1.62 bits per heavy atom. The minimum Gasteiger partial charge on any atom is -0.342 e. The highest BCUT2D eigenvalue weighted by molar-refractivity contribution is 5.94. The predicted molar refractivity (Wildman–Crippen MR) is 147 cm³/mol. The lowest BCUT2D eigenvalue weighted by atomic mass is 9.77. The molecule has 0 bridgehead atoms. The van der Waals surface area contributed by atoms with E-state index in [4.69, 9.17) is 5.26 Å². The third-order valence-corrected chi connectivity index (χ3v) is 8.72. The molecule has 6 nitrogen and oxygen atoms in total. The Hall–Kier alpha value is -2.88. The summed E-state index contributed by atoms with van der Waals surface area (Å²) < 4.78 is 0. The van der Waals surface area contributed by atoms with Crippen LogP contribution in [0.25, 0.3) is 0 Å². The van der Waals surface area contributed by atoms with Gasteiger partial charge in [0.05, 0.1) is 11.6 Å². The van der Waals surface area contributed by atoms with Crippen LogP contribution in [-0.4, -0.2) is 72.3 Å². The Morgan fingerprint density at radius 3 is 2.27 bits per heavy atom. The SMILES string of the molecule is CCC(=O)N1C[C@H](CN2CCC3(CC2)CCN(C(=O)c2ccc(C#N)cc2)C3)[C@@H](c2ccccc2)C1.Cl. The summed E-state index contributed by atoms with van der Waals surface area (Å²) in [6.07, 6.45) is 3.87. The molecule has 196 valence electrons. The van der Waals surface area contributed by atoms with E-state index >= 15 is 0 Å². The van der Waals surface area contributed by atoms with Crippen molar-refractivity contribution in [2.45, 2.75) is 38.5 Å². The molecule has 0 aromatic heterocycles. The number of nitrogens with zero attached hydrogens (tertiary/aromatic N) is 4. The van der Waals surface area contributed by atoms with Crippen molar-refractivity contribution in [1.29, 1.82) is 5.26 Å². The third kappa shape index (κ3) is 5.84. The summed E-state index contributed by atoms with van der Waals surface area (Å²) in [5, 5.41) is 9.01. The maximum absolute atomic E-state index is 13.0. The van der Waals surface area contributed by atoms with Crippen LogP contribution in [0.15, 0.2) is 54.6 Å². The molecule has 1 spiro atoms. The molecule has 7 heteroatoms. The molecule has 0 unspecified atom stereocenters. The molecule has 2 amide bonds. The van der Waals surface area contributed by atoms with Crippen molar-refractivity contribution in [3.8, 4) is 6.07 Å². The Kier molecular flexibility index (Phi) is 8.56. The van der Waals surface area contributed by atoms with Gasteiger partial charge < -0.3 is 14.7 Å². The van der Waals surface area contributed by atoms with Gasteiger partial charge in [0.15, 0.2) is 0 Å². The summed E-state index contributed by atoms with van der Waals surface area (Å²) in [4.78, 5) is 32.2. The molecule has 3 saturated heterocycles. The molecule has 37 heavy (non-hydrogen) atoms. The van der Waals surface area contributed by atoms with E-state index in [1.807, 2.05) is 11.8 Å². The molecular formula is C30H37ClN4O2. The first-order chi connectivity index (χ1) is 17.5. The topological polar surface area (TPSA) is 67.7 Å². The van der Waals surface area contributed by atoms with Crippen molar-refractivity contribution < 1.29 is 9.59 Å². The van der Waals surface area contributed by atoms with E-state index in [1.165, 1.54) is 5.56 Å². The standard InChI is InChI=1S/C30H36N4O2.ClH/c1-2-28(35)34-20-26(27(21-34)24-6-4-3-5-7-24)19-32-15-12-30(13-16-32)14-17-33(22-30)29(36)25-10-8-23(18-31)9-11-25;/h3-11,26-27H,2,12-17,19-22H2,1H3;1H/t26-,27+;/m0./s1. The average Bonchev–Trinajstić information content (AvgIpc) is 3.54. The van der Waals surface area contributed by atoms with Gasteiger partial charge in [-0.15, -0.1) is 12.4 Å². The smallest absolute Gasteiger partial charge is 0.253 e. The Morgan fingerprint density at radius 1 is 0.946 bits per heavy atom. The maximum atomic E-state index is 13.0. The van der Waals surface area contributed by atoms with Crippen molar-refractivity contribution in [3.63, 3.8) is 0 Å². The zero-order chi connectivity index (χ0) is 25.1. The molecule has 5 rings (SSSR count). The molecule has 0 N–H and O–H groups in total. The monoisotopic (exact) mass is 520 g/mol. The van der Waals surface area contributed by atoms with E-state index in [9.17, 15) is 9.59 Å². The van der Waals surface area contributed by atoms with Gasteiger partial charge in [-0.05, 0) is 73.5 Å². The van der Waals surface area contributed by atoms with E-state index in [0.717, 1.165) is 65.1 Å². The van der Waals surface area contributed by atoms with Gasteiger partial charge in [-0.25, -0.2) is 0 Å². The molecule has 2 aromatic rings. The molecule has 0 aliphatic carbocycles. The van der Waals surface area contributed by atoms with Crippen molar-refractivity contribution in [2.24, 2.45) is 11.3 Å². The van der Waals surface area contributed by atoms with Gasteiger partial charge in [0.25, 0.3) is 5.91 Å². The number of halogens is 1. The van der Waals surface area contributed by atoms with Crippen LogP contribution in [0.3, 0.4) is 0 Å². The number of hydrogen-bond donors (Lipinski definition) is 0. The number of likely N-dealkylation sites (tertiary alicyclic amines) is 3. The maximum Gasteiger partial charge on any atom is 0.253 e. The second-order valence-electron chi connectivity index (χ2n) is 10.9. The molecule has 0 radical (unpaired) electrons. The number of carbonyl (C=O) groups excluding carboxylic acids is 2. The molecule has 2 aromatic carbocycles. The Balaban J connectivity index is 0.00000320. The summed E-state index contributed by atoms with van der Waals surface area (Å²) in [5.74, 6) is 1.18. The second kappa shape index (κ2) is 11.7. The lowest BCUT2D eigenvalue weighted by molar-refractivity contribution is -0.130. The molecule has 3 fully saturated rings. The highest BCUT2D eigenvalue weighted by Crippen LogP contribution is 2.42. The van der Waals surface area contributed by atoms with Crippen LogP contribution in [0.2, 0.25) is 0 Å². The number of piperidine rings is 1. The molecule has 2 atom stereocenters. The van der Waals surface area contributed by atoms with Crippen LogP contribution >= 0.6 is 12.4 Å². The van der Waals surface area contributed by atoms with Crippen LogP contribution < -0.4 is 0 Å². The number of carbonyl (C=O) groups is 2. The number of amides is 2. The highest BCUT2D eigenvalue weighted by atomic mass is 35.5. The number of hydrogen-bond acceptors (Lipinski definition) is 4. The summed E-state index contributed by atoms with van der Waals surface area (Å²) in [6.45, 7) is 8.40. The summed E-state index contributed by atoms with van der Waals surface area (Å²) in [7, 11) is 0. The summed E-state index contributed by atoms with van der Waals surface area (Å²) in [6, 6.07) is 19.8. The normalized spacial score (nSPS) is 23.0. The number of benzene rings is 2. The first kappa shape index (κ1) is 27.2. The van der Waals surface area contributed by atoms with Crippen LogP contribution in [0.4, 0.5) is 0 Å². The van der Waals surface area contributed by atoms with Gasteiger partial charge in [-0.1, -0.05) is 37.3 Å². The summed E-state index contributed by atoms with van der Waals surface area (Å²) >= 11 is 0. The third-order valence-electron chi connectivity index (χ3n) is 8.72. The fraction of sp³-hybridized carbons (Fsp3) is 0.500. The first-order valence-corrected chi connectivity index (χ1v) is 13.3. The van der Waals surface area contributed by atoms with Gasteiger partial charge >= 0.3 is 0 Å². The molecule has 3 aliphatic rings. The van der Waals surface area contributed by atoms with E-state index in [-0.39, 0.29) is 29.6 Å².